The van der Waals surface area contributed by atoms with E-state index in [2.05, 4.69) is 25.8 Å². The second kappa shape index (κ2) is 7.21. The number of rotatable bonds is 4. The van der Waals surface area contributed by atoms with Crippen molar-refractivity contribution < 1.29 is 0 Å². The number of aryl methyl sites for hydroxylation is 1. The molecule has 0 amide bonds. The molecule has 0 unspecified atom stereocenters. The van der Waals surface area contributed by atoms with Gasteiger partial charge in [-0.25, -0.2) is 0 Å². The van der Waals surface area contributed by atoms with Crippen LogP contribution in [0, 0.1) is 6.92 Å². The van der Waals surface area contributed by atoms with Crippen LogP contribution in [0.15, 0.2) is 42.6 Å². The van der Waals surface area contributed by atoms with Gasteiger partial charge in [0, 0.05) is 16.4 Å². The van der Waals surface area contributed by atoms with E-state index in [0.29, 0.717) is 26.8 Å². The molecule has 2 aromatic carbocycles. The molecule has 0 saturated heterocycles. The van der Waals surface area contributed by atoms with Gasteiger partial charge in [-0.3, -0.25) is 0 Å². The maximum atomic E-state index is 6.02. The normalized spacial score (nSPS) is 10.5. The minimum absolute atomic E-state index is 0.352. The van der Waals surface area contributed by atoms with Crippen LogP contribution in [0.1, 0.15) is 5.56 Å². The fourth-order valence-electron chi connectivity index (χ4n) is 1.99. The van der Waals surface area contributed by atoms with Gasteiger partial charge in [-0.15, -0.1) is 5.10 Å². The molecule has 8 heteroatoms. The van der Waals surface area contributed by atoms with Crippen LogP contribution >= 0.6 is 34.8 Å². The first kappa shape index (κ1) is 16.8. The maximum absolute atomic E-state index is 6.02. The zero-order valence-electron chi connectivity index (χ0n) is 12.5. The van der Waals surface area contributed by atoms with Gasteiger partial charge in [0.1, 0.15) is 0 Å². The molecule has 0 radical (unpaired) electrons. The third-order valence-electron chi connectivity index (χ3n) is 3.20. The highest BCUT2D eigenvalue weighted by Crippen LogP contribution is 2.27. The van der Waals surface area contributed by atoms with Crippen LogP contribution in [-0.2, 0) is 0 Å². The van der Waals surface area contributed by atoms with Crippen molar-refractivity contribution in [2.45, 2.75) is 6.92 Å². The van der Waals surface area contributed by atoms with Crippen molar-refractivity contribution in [3.05, 3.63) is 63.2 Å². The van der Waals surface area contributed by atoms with Crippen LogP contribution in [0.25, 0.3) is 0 Å². The molecule has 24 heavy (non-hydrogen) atoms. The Morgan fingerprint density at radius 1 is 0.917 bits per heavy atom. The predicted molar refractivity (Wildman–Crippen MR) is 99.0 cm³/mol. The summed E-state index contributed by atoms with van der Waals surface area (Å²) in [4.78, 5) is 4.37. The van der Waals surface area contributed by atoms with Crippen molar-refractivity contribution >= 4 is 57.9 Å². The largest absolute Gasteiger partial charge is 0.339 e. The summed E-state index contributed by atoms with van der Waals surface area (Å²) in [6, 6.07) is 10.7. The minimum Gasteiger partial charge on any atom is -0.339 e. The average molecular weight is 381 g/mol. The fraction of sp³-hybridized carbons (Fsp3) is 0.0625. The molecule has 0 aliphatic heterocycles. The van der Waals surface area contributed by atoms with Crippen LogP contribution < -0.4 is 10.6 Å². The Kier molecular flexibility index (Phi) is 5.04. The second-order valence-electron chi connectivity index (χ2n) is 5.00. The maximum Gasteiger partial charge on any atom is 0.249 e. The standard InChI is InChI=1S/C16H12Cl3N5/c1-9-2-3-10(17)6-14(9)22-16-23-15(8-20-24-16)21-11-4-5-12(18)13(19)7-11/h2-8H,1H3,(H2,21,22,23,24). The van der Waals surface area contributed by atoms with Crippen molar-refractivity contribution in [3.8, 4) is 0 Å². The van der Waals surface area contributed by atoms with Gasteiger partial charge in [0.2, 0.25) is 5.95 Å². The SMILES string of the molecule is Cc1ccc(Cl)cc1Nc1nncc(Nc2ccc(Cl)c(Cl)c2)n1. The van der Waals surface area contributed by atoms with Gasteiger partial charge >= 0.3 is 0 Å². The average Bonchev–Trinajstić information content (AvgIpc) is 2.55. The molecule has 1 heterocycles. The number of nitrogens with one attached hydrogen (secondary N) is 2. The molecule has 3 aromatic rings. The molecule has 0 bridgehead atoms. The molecule has 3 rings (SSSR count). The van der Waals surface area contributed by atoms with E-state index in [0.717, 1.165) is 16.9 Å². The van der Waals surface area contributed by atoms with Crippen molar-refractivity contribution in [2.75, 3.05) is 10.6 Å². The number of halogens is 3. The lowest BCUT2D eigenvalue weighted by atomic mass is 10.2. The molecule has 1 aromatic heterocycles. The highest BCUT2D eigenvalue weighted by atomic mass is 35.5. The number of hydrogen-bond donors (Lipinski definition) is 2. The van der Waals surface area contributed by atoms with Crippen LogP contribution in [0.4, 0.5) is 23.1 Å². The molecule has 0 spiro atoms. The van der Waals surface area contributed by atoms with Crippen molar-refractivity contribution in [1.29, 1.82) is 0 Å². The first-order valence-electron chi connectivity index (χ1n) is 6.96. The number of aromatic nitrogens is 3. The van der Waals surface area contributed by atoms with E-state index < -0.39 is 0 Å². The van der Waals surface area contributed by atoms with E-state index in [-0.39, 0.29) is 0 Å². The molecular weight excluding hydrogens is 369 g/mol. The fourth-order valence-corrected chi connectivity index (χ4v) is 2.46. The summed E-state index contributed by atoms with van der Waals surface area (Å²) >= 11 is 17.9. The summed E-state index contributed by atoms with van der Waals surface area (Å²) < 4.78 is 0. The Morgan fingerprint density at radius 3 is 2.54 bits per heavy atom. The van der Waals surface area contributed by atoms with Crippen LogP contribution in [0.5, 0.6) is 0 Å². The third-order valence-corrected chi connectivity index (χ3v) is 4.17. The molecule has 0 atom stereocenters. The smallest absolute Gasteiger partial charge is 0.249 e. The van der Waals surface area contributed by atoms with Gasteiger partial charge in [-0.1, -0.05) is 40.9 Å². The predicted octanol–water partition coefficient (Wildman–Crippen LogP) is 5.63. The summed E-state index contributed by atoms with van der Waals surface area (Å²) in [5.41, 5.74) is 2.58. The Bertz CT molecular complexity index is 885. The van der Waals surface area contributed by atoms with Crippen LogP contribution in [-0.4, -0.2) is 15.2 Å². The first-order valence-corrected chi connectivity index (χ1v) is 8.09. The molecule has 5 nitrogen and oxygen atoms in total. The van der Waals surface area contributed by atoms with E-state index in [1.54, 1.807) is 24.3 Å². The van der Waals surface area contributed by atoms with E-state index in [9.17, 15) is 0 Å². The molecule has 0 aliphatic carbocycles. The highest BCUT2D eigenvalue weighted by Gasteiger charge is 2.06. The van der Waals surface area contributed by atoms with Crippen molar-refractivity contribution in [1.82, 2.24) is 15.2 Å². The van der Waals surface area contributed by atoms with Crippen molar-refractivity contribution in [2.24, 2.45) is 0 Å². The third kappa shape index (κ3) is 4.06. The Hall–Kier alpha value is -2.08. The number of benzene rings is 2. The molecule has 122 valence electrons. The minimum atomic E-state index is 0.352. The van der Waals surface area contributed by atoms with E-state index in [1.807, 2.05) is 19.1 Å². The number of nitrogens with zero attached hydrogens (tertiary/aromatic N) is 3. The Labute approximate surface area is 154 Å². The molecule has 2 N–H and O–H groups in total. The summed E-state index contributed by atoms with van der Waals surface area (Å²) in [7, 11) is 0. The quantitative estimate of drug-likeness (QED) is 0.614. The molecule has 0 fully saturated rings. The van der Waals surface area contributed by atoms with Crippen LogP contribution in [0.3, 0.4) is 0 Å². The lowest BCUT2D eigenvalue weighted by Crippen LogP contribution is -2.03. The summed E-state index contributed by atoms with van der Waals surface area (Å²) in [6.07, 6.45) is 1.51. The van der Waals surface area contributed by atoms with Crippen molar-refractivity contribution in [3.63, 3.8) is 0 Å². The zero-order chi connectivity index (χ0) is 17.1. The first-order chi connectivity index (χ1) is 11.5. The summed E-state index contributed by atoms with van der Waals surface area (Å²) in [5.74, 6) is 0.871. The summed E-state index contributed by atoms with van der Waals surface area (Å²) in [6.45, 7) is 1.96. The lowest BCUT2D eigenvalue weighted by molar-refractivity contribution is 0.982. The van der Waals surface area contributed by atoms with E-state index in [1.165, 1.54) is 6.20 Å². The van der Waals surface area contributed by atoms with E-state index in [4.69, 9.17) is 34.8 Å². The Balaban J connectivity index is 1.81. The van der Waals surface area contributed by atoms with Crippen LogP contribution in [0.2, 0.25) is 15.1 Å². The van der Waals surface area contributed by atoms with Gasteiger partial charge in [0.15, 0.2) is 5.82 Å². The van der Waals surface area contributed by atoms with Gasteiger partial charge in [0.05, 0.1) is 16.2 Å². The lowest BCUT2D eigenvalue weighted by Gasteiger charge is -2.10. The molecule has 0 aliphatic rings. The van der Waals surface area contributed by atoms with Gasteiger partial charge in [-0.05, 0) is 42.8 Å². The van der Waals surface area contributed by atoms with E-state index >= 15 is 0 Å². The number of anilines is 4. The summed E-state index contributed by atoms with van der Waals surface area (Å²) in [5, 5.41) is 15.7. The zero-order valence-corrected chi connectivity index (χ0v) is 14.8. The Morgan fingerprint density at radius 2 is 1.75 bits per heavy atom. The van der Waals surface area contributed by atoms with Gasteiger partial charge in [0.25, 0.3) is 0 Å². The second-order valence-corrected chi connectivity index (χ2v) is 6.25. The highest BCUT2D eigenvalue weighted by molar-refractivity contribution is 6.42. The molecular formula is C16H12Cl3N5. The van der Waals surface area contributed by atoms with Gasteiger partial charge in [-0.2, -0.15) is 10.1 Å². The monoisotopic (exact) mass is 379 g/mol. The number of hydrogen-bond acceptors (Lipinski definition) is 5. The topological polar surface area (TPSA) is 62.7 Å². The molecule has 0 saturated carbocycles. The van der Waals surface area contributed by atoms with Gasteiger partial charge < -0.3 is 10.6 Å².